The SMILES string of the molecule is CCNC(=NCC(=O)Nc1cccnc1)N1CCN(c2ccccc2OC)CC1. The molecule has 1 aromatic heterocycles. The van der Waals surface area contributed by atoms with Gasteiger partial charge in [-0.3, -0.25) is 9.78 Å². The molecule has 3 rings (SSSR count). The number of para-hydroxylation sites is 2. The van der Waals surface area contributed by atoms with Crippen LogP contribution >= 0.6 is 0 Å². The summed E-state index contributed by atoms with van der Waals surface area (Å²) in [7, 11) is 1.70. The van der Waals surface area contributed by atoms with Crippen LogP contribution in [0.3, 0.4) is 0 Å². The zero-order valence-electron chi connectivity index (χ0n) is 17.0. The molecule has 1 aliphatic rings. The number of hydrogen-bond donors (Lipinski definition) is 2. The maximum Gasteiger partial charge on any atom is 0.246 e. The van der Waals surface area contributed by atoms with E-state index in [1.165, 1.54) is 0 Å². The summed E-state index contributed by atoms with van der Waals surface area (Å²) >= 11 is 0. The highest BCUT2D eigenvalue weighted by molar-refractivity contribution is 5.94. The topological polar surface area (TPSA) is 82.1 Å². The number of piperazine rings is 1. The second-order valence-corrected chi connectivity index (χ2v) is 6.61. The van der Waals surface area contributed by atoms with Crippen LogP contribution in [0.1, 0.15) is 6.92 Å². The fraction of sp³-hybridized carbons (Fsp3) is 0.381. The number of guanidine groups is 1. The van der Waals surface area contributed by atoms with Crippen molar-refractivity contribution < 1.29 is 9.53 Å². The van der Waals surface area contributed by atoms with Crippen molar-refractivity contribution in [3.8, 4) is 5.75 Å². The van der Waals surface area contributed by atoms with Gasteiger partial charge in [-0.1, -0.05) is 12.1 Å². The first kappa shape index (κ1) is 20.4. The van der Waals surface area contributed by atoms with Gasteiger partial charge in [0.05, 0.1) is 24.7 Å². The predicted octanol–water partition coefficient (Wildman–Crippen LogP) is 1.82. The molecule has 0 saturated carbocycles. The minimum Gasteiger partial charge on any atom is -0.495 e. The highest BCUT2D eigenvalue weighted by Gasteiger charge is 2.21. The summed E-state index contributed by atoms with van der Waals surface area (Å²) in [5, 5.41) is 6.10. The van der Waals surface area contributed by atoms with Gasteiger partial charge in [0.25, 0.3) is 0 Å². The first-order valence-electron chi connectivity index (χ1n) is 9.82. The molecule has 0 radical (unpaired) electrons. The molecular formula is C21H28N6O2. The average Bonchev–Trinajstić information content (AvgIpc) is 2.77. The van der Waals surface area contributed by atoms with E-state index < -0.39 is 0 Å². The largest absolute Gasteiger partial charge is 0.495 e. The van der Waals surface area contributed by atoms with Crippen molar-refractivity contribution >= 4 is 23.2 Å². The fourth-order valence-electron chi connectivity index (χ4n) is 3.26. The van der Waals surface area contributed by atoms with Gasteiger partial charge in [0.1, 0.15) is 12.3 Å². The Hall–Kier alpha value is -3.29. The Morgan fingerprint density at radius 3 is 2.66 bits per heavy atom. The Morgan fingerprint density at radius 1 is 1.17 bits per heavy atom. The van der Waals surface area contributed by atoms with E-state index in [0.29, 0.717) is 5.69 Å². The molecule has 0 spiro atoms. The number of carbonyl (C=O) groups excluding carboxylic acids is 1. The first-order valence-corrected chi connectivity index (χ1v) is 9.82. The second-order valence-electron chi connectivity index (χ2n) is 6.61. The first-order chi connectivity index (χ1) is 14.2. The number of carbonyl (C=O) groups is 1. The average molecular weight is 396 g/mol. The standard InChI is InChI=1S/C21H28N6O2/c1-3-23-21(24-16-20(28)25-17-7-6-10-22-15-17)27-13-11-26(12-14-27)18-8-4-5-9-19(18)29-2/h4-10,15H,3,11-14,16H2,1-2H3,(H,23,24)(H,25,28). The third kappa shape index (κ3) is 5.60. The van der Waals surface area contributed by atoms with Gasteiger partial charge in [-0.05, 0) is 31.2 Å². The lowest BCUT2D eigenvalue weighted by molar-refractivity contribution is -0.114. The number of nitrogens with zero attached hydrogens (tertiary/aromatic N) is 4. The van der Waals surface area contributed by atoms with Crippen LogP contribution < -0.4 is 20.3 Å². The van der Waals surface area contributed by atoms with Crippen LogP contribution in [0, 0.1) is 0 Å². The molecule has 0 unspecified atom stereocenters. The number of aromatic nitrogens is 1. The lowest BCUT2D eigenvalue weighted by atomic mass is 10.2. The third-order valence-corrected chi connectivity index (χ3v) is 4.66. The predicted molar refractivity (Wildman–Crippen MR) is 116 cm³/mol. The normalized spacial score (nSPS) is 14.5. The van der Waals surface area contributed by atoms with Crippen LogP contribution in [0.5, 0.6) is 5.75 Å². The zero-order valence-corrected chi connectivity index (χ0v) is 17.0. The van der Waals surface area contributed by atoms with Crippen LogP contribution in [0.4, 0.5) is 11.4 Å². The van der Waals surface area contributed by atoms with Crippen molar-refractivity contribution in [1.29, 1.82) is 0 Å². The van der Waals surface area contributed by atoms with E-state index in [1.807, 2.05) is 25.1 Å². The quantitative estimate of drug-likeness (QED) is 0.573. The number of anilines is 2. The molecule has 1 amide bonds. The molecule has 0 bridgehead atoms. The molecule has 154 valence electrons. The van der Waals surface area contributed by atoms with Gasteiger partial charge in [0.15, 0.2) is 5.96 Å². The second kappa shape index (κ2) is 10.3. The molecule has 0 atom stereocenters. The molecular weight excluding hydrogens is 368 g/mol. The van der Waals surface area contributed by atoms with Crippen LogP contribution in [0.2, 0.25) is 0 Å². The number of pyridine rings is 1. The maximum atomic E-state index is 12.2. The molecule has 1 saturated heterocycles. The minimum absolute atomic E-state index is 0.0595. The van der Waals surface area contributed by atoms with Gasteiger partial charge >= 0.3 is 0 Å². The van der Waals surface area contributed by atoms with E-state index in [9.17, 15) is 4.79 Å². The number of amides is 1. The Labute approximate surface area is 171 Å². The lowest BCUT2D eigenvalue weighted by Gasteiger charge is -2.38. The summed E-state index contributed by atoms with van der Waals surface area (Å²) in [6, 6.07) is 11.6. The van der Waals surface area contributed by atoms with E-state index in [-0.39, 0.29) is 12.5 Å². The highest BCUT2D eigenvalue weighted by Crippen LogP contribution is 2.28. The lowest BCUT2D eigenvalue weighted by Crippen LogP contribution is -2.52. The third-order valence-electron chi connectivity index (χ3n) is 4.66. The van der Waals surface area contributed by atoms with E-state index in [0.717, 1.165) is 50.1 Å². The van der Waals surface area contributed by atoms with Crippen molar-refractivity contribution in [2.45, 2.75) is 6.92 Å². The Bertz CT molecular complexity index is 819. The Kier molecular flexibility index (Phi) is 7.27. The molecule has 1 aliphatic heterocycles. The van der Waals surface area contributed by atoms with Gasteiger partial charge in [0, 0.05) is 38.9 Å². The summed E-state index contributed by atoms with van der Waals surface area (Å²) in [5.74, 6) is 1.48. The van der Waals surface area contributed by atoms with E-state index in [4.69, 9.17) is 4.74 Å². The number of ether oxygens (including phenoxy) is 1. The van der Waals surface area contributed by atoms with E-state index in [1.54, 1.807) is 31.6 Å². The summed E-state index contributed by atoms with van der Waals surface area (Å²) in [5.41, 5.74) is 1.77. The summed E-state index contributed by atoms with van der Waals surface area (Å²) in [4.78, 5) is 25.2. The van der Waals surface area contributed by atoms with Crippen molar-refractivity contribution in [2.75, 3.05) is 56.6 Å². The summed E-state index contributed by atoms with van der Waals surface area (Å²) in [6.07, 6.45) is 3.28. The Morgan fingerprint density at radius 2 is 1.97 bits per heavy atom. The smallest absolute Gasteiger partial charge is 0.246 e. The molecule has 0 aliphatic carbocycles. The zero-order chi connectivity index (χ0) is 20.5. The Balaban J connectivity index is 1.58. The number of rotatable bonds is 6. The summed E-state index contributed by atoms with van der Waals surface area (Å²) < 4.78 is 5.48. The molecule has 2 heterocycles. The number of hydrogen-bond acceptors (Lipinski definition) is 5. The monoisotopic (exact) mass is 396 g/mol. The van der Waals surface area contributed by atoms with Crippen LogP contribution in [0.25, 0.3) is 0 Å². The summed E-state index contributed by atoms with van der Waals surface area (Å²) in [6.45, 7) is 6.16. The van der Waals surface area contributed by atoms with Gasteiger partial charge in [0.2, 0.25) is 5.91 Å². The van der Waals surface area contributed by atoms with Gasteiger partial charge in [-0.2, -0.15) is 0 Å². The molecule has 1 aromatic carbocycles. The van der Waals surface area contributed by atoms with E-state index >= 15 is 0 Å². The van der Waals surface area contributed by atoms with Crippen molar-refractivity contribution in [3.05, 3.63) is 48.8 Å². The number of methoxy groups -OCH3 is 1. The number of benzene rings is 1. The van der Waals surface area contributed by atoms with Crippen molar-refractivity contribution in [2.24, 2.45) is 4.99 Å². The van der Waals surface area contributed by atoms with E-state index in [2.05, 4.69) is 36.5 Å². The van der Waals surface area contributed by atoms with Crippen molar-refractivity contribution in [1.82, 2.24) is 15.2 Å². The van der Waals surface area contributed by atoms with Crippen LogP contribution in [-0.4, -0.2) is 68.1 Å². The van der Waals surface area contributed by atoms with Gasteiger partial charge in [-0.25, -0.2) is 4.99 Å². The molecule has 29 heavy (non-hydrogen) atoms. The molecule has 2 aromatic rings. The van der Waals surface area contributed by atoms with Crippen molar-refractivity contribution in [3.63, 3.8) is 0 Å². The maximum absolute atomic E-state index is 12.2. The fourth-order valence-corrected chi connectivity index (χ4v) is 3.26. The molecule has 8 nitrogen and oxygen atoms in total. The van der Waals surface area contributed by atoms with Gasteiger partial charge in [-0.15, -0.1) is 0 Å². The molecule has 8 heteroatoms. The van der Waals surface area contributed by atoms with Crippen LogP contribution in [-0.2, 0) is 4.79 Å². The minimum atomic E-state index is -0.166. The number of aliphatic imine (C=N–C) groups is 1. The number of nitrogens with one attached hydrogen (secondary N) is 2. The molecule has 1 fully saturated rings. The molecule has 2 N–H and O–H groups in total. The van der Waals surface area contributed by atoms with Gasteiger partial charge < -0.3 is 25.2 Å². The van der Waals surface area contributed by atoms with Crippen LogP contribution in [0.15, 0.2) is 53.8 Å². The highest BCUT2D eigenvalue weighted by atomic mass is 16.5.